The molecule has 3 heterocycles. The van der Waals surface area contributed by atoms with E-state index in [0.717, 1.165) is 45.5 Å². The molecule has 0 spiro atoms. The Labute approximate surface area is 256 Å². The number of esters is 1. The first-order valence-electron chi connectivity index (χ1n) is 14.1. The third-order valence-electron chi connectivity index (χ3n) is 7.78. The Morgan fingerprint density at radius 1 is 0.860 bits per heavy atom. The molecular weight excluding hydrogens is 556 g/mol. The van der Waals surface area contributed by atoms with Crippen LogP contribution < -0.4 is 15.0 Å². The number of nitrogens with zero attached hydrogens (tertiary/aromatic N) is 3. The van der Waals surface area contributed by atoms with Crippen molar-refractivity contribution in [3.8, 4) is 17.2 Å². The number of nitrogens with one attached hydrogen (secondary N) is 1. The van der Waals surface area contributed by atoms with Gasteiger partial charge in [0, 0.05) is 29.0 Å². The monoisotopic (exact) mass is 588 g/mol. The number of aromatic nitrogens is 2. The Morgan fingerprint density at radius 2 is 1.58 bits per heavy atom. The van der Waals surface area contributed by atoms with E-state index in [1.54, 1.807) is 12.3 Å². The molecule has 2 aromatic heterocycles. The van der Waals surface area contributed by atoms with Crippen LogP contribution in [0.5, 0.6) is 11.5 Å². The quantitative estimate of drug-likeness (QED) is 0.155. The first-order chi connectivity index (χ1) is 20.8. The smallest absolute Gasteiger partial charge is 0.337 e. The highest BCUT2D eigenvalue weighted by Crippen LogP contribution is 2.44. The molecule has 3 aromatic carbocycles. The van der Waals surface area contributed by atoms with E-state index in [1.807, 2.05) is 84.9 Å². The van der Waals surface area contributed by atoms with Crippen molar-refractivity contribution in [3.63, 3.8) is 0 Å². The number of benzene rings is 3. The molecule has 0 amide bonds. The lowest BCUT2D eigenvalue weighted by Gasteiger charge is -2.28. The maximum absolute atomic E-state index is 12.3. The maximum atomic E-state index is 12.3. The summed E-state index contributed by atoms with van der Waals surface area (Å²) >= 11 is 5.96. The lowest BCUT2D eigenvalue weighted by Crippen LogP contribution is -2.29. The standard InChI is InChI=1S/C35H32N4O3S/c1-22-11-15-28(16-12-22)42-29-17-13-26(14-18-29)39-33(32(37-35(39)43)31-10-5-6-19-36-31)30-20-23(2)38(24(30)3)27-9-7-8-25(21-27)34(40)41-4/h5-21,32-33H,1-4H3,(H,37,43)/t32-,33-/m0/s1. The van der Waals surface area contributed by atoms with E-state index >= 15 is 0 Å². The predicted octanol–water partition coefficient (Wildman–Crippen LogP) is 7.55. The topological polar surface area (TPSA) is 68.6 Å². The predicted molar refractivity (Wildman–Crippen MR) is 172 cm³/mol. The van der Waals surface area contributed by atoms with Crippen LogP contribution in [-0.4, -0.2) is 27.7 Å². The van der Waals surface area contributed by atoms with Crippen LogP contribution in [0.1, 0.15) is 50.7 Å². The highest BCUT2D eigenvalue weighted by atomic mass is 32.1. The Kier molecular flexibility index (Phi) is 7.69. The summed E-state index contributed by atoms with van der Waals surface area (Å²) in [6.45, 7) is 6.22. The average molecular weight is 589 g/mol. The SMILES string of the molecule is COC(=O)c1cccc(-n2c(C)cc([C@H]3[C@H](c4ccccn4)NC(=S)N3c3ccc(Oc4ccc(C)cc4)cc3)c2C)c1. The molecule has 0 unspecified atom stereocenters. The number of carbonyl (C=O) groups excluding carboxylic acids is 1. The van der Waals surface area contributed by atoms with Crippen LogP contribution in [-0.2, 0) is 4.74 Å². The van der Waals surface area contributed by atoms with Crippen molar-refractivity contribution in [2.24, 2.45) is 0 Å². The zero-order valence-corrected chi connectivity index (χ0v) is 25.3. The number of anilines is 1. The Morgan fingerprint density at radius 3 is 2.26 bits per heavy atom. The molecule has 43 heavy (non-hydrogen) atoms. The lowest BCUT2D eigenvalue weighted by molar-refractivity contribution is 0.0600. The number of hydrogen-bond acceptors (Lipinski definition) is 5. The maximum Gasteiger partial charge on any atom is 0.337 e. The van der Waals surface area contributed by atoms with E-state index in [1.165, 1.54) is 12.7 Å². The highest BCUT2D eigenvalue weighted by molar-refractivity contribution is 7.80. The number of hydrogen-bond donors (Lipinski definition) is 1. The van der Waals surface area contributed by atoms with Crippen molar-refractivity contribution in [1.29, 1.82) is 0 Å². The van der Waals surface area contributed by atoms with Crippen molar-refractivity contribution >= 4 is 29.0 Å². The summed E-state index contributed by atoms with van der Waals surface area (Å²) in [7, 11) is 1.39. The van der Waals surface area contributed by atoms with Gasteiger partial charge in [0.05, 0.1) is 30.5 Å². The first kappa shape index (κ1) is 28.2. The van der Waals surface area contributed by atoms with Crippen LogP contribution in [0.4, 0.5) is 5.69 Å². The minimum absolute atomic E-state index is 0.185. The van der Waals surface area contributed by atoms with Crippen molar-refractivity contribution in [2.45, 2.75) is 32.9 Å². The van der Waals surface area contributed by atoms with Gasteiger partial charge in [-0.25, -0.2) is 4.79 Å². The van der Waals surface area contributed by atoms with Crippen LogP contribution >= 0.6 is 12.2 Å². The summed E-state index contributed by atoms with van der Waals surface area (Å²) in [5.41, 5.74) is 7.58. The van der Waals surface area contributed by atoms with Gasteiger partial charge in [-0.3, -0.25) is 4.98 Å². The fourth-order valence-corrected chi connectivity index (χ4v) is 6.09. The number of ether oxygens (including phenoxy) is 2. The first-order valence-corrected chi connectivity index (χ1v) is 14.5. The number of carbonyl (C=O) groups is 1. The molecule has 2 atom stereocenters. The van der Waals surface area contributed by atoms with Gasteiger partial charge in [-0.15, -0.1) is 0 Å². The summed E-state index contributed by atoms with van der Waals surface area (Å²) in [4.78, 5) is 19.1. The van der Waals surface area contributed by atoms with E-state index in [2.05, 4.69) is 41.6 Å². The number of pyridine rings is 1. The molecule has 5 aromatic rings. The van der Waals surface area contributed by atoms with Crippen LogP contribution in [0.15, 0.2) is 103 Å². The van der Waals surface area contributed by atoms with Crippen LogP contribution in [0.25, 0.3) is 5.69 Å². The minimum atomic E-state index is -0.369. The molecule has 1 N–H and O–H groups in total. The van der Waals surface area contributed by atoms with E-state index in [-0.39, 0.29) is 18.1 Å². The number of thiocarbonyl (C=S) groups is 1. The van der Waals surface area contributed by atoms with Gasteiger partial charge < -0.3 is 24.3 Å². The van der Waals surface area contributed by atoms with Gasteiger partial charge in [-0.1, -0.05) is 29.8 Å². The van der Waals surface area contributed by atoms with Gasteiger partial charge >= 0.3 is 5.97 Å². The van der Waals surface area contributed by atoms with Crippen molar-refractivity contribution in [2.75, 3.05) is 12.0 Å². The zero-order chi connectivity index (χ0) is 30.1. The number of methoxy groups -OCH3 is 1. The van der Waals surface area contributed by atoms with Crippen molar-refractivity contribution < 1.29 is 14.3 Å². The molecule has 6 rings (SSSR count). The Balaban J connectivity index is 1.40. The van der Waals surface area contributed by atoms with Crippen LogP contribution in [0.3, 0.4) is 0 Å². The second-order valence-corrected chi connectivity index (χ2v) is 11.0. The van der Waals surface area contributed by atoms with E-state index < -0.39 is 0 Å². The molecule has 8 heteroatoms. The largest absolute Gasteiger partial charge is 0.465 e. The van der Waals surface area contributed by atoms with Gasteiger partial charge in [0.2, 0.25) is 0 Å². The second kappa shape index (κ2) is 11.7. The molecule has 7 nitrogen and oxygen atoms in total. The molecule has 0 saturated carbocycles. The third-order valence-corrected chi connectivity index (χ3v) is 8.10. The number of aryl methyl sites for hydroxylation is 2. The molecule has 216 valence electrons. The zero-order valence-electron chi connectivity index (χ0n) is 24.4. The molecule has 1 fully saturated rings. The van der Waals surface area contributed by atoms with E-state index in [0.29, 0.717) is 10.7 Å². The highest BCUT2D eigenvalue weighted by Gasteiger charge is 2.42. The lowest BCUT2D eigenvalue weighted by atomic mass is 9.96. The van der Waals surface area contributed by atoms with Gasteiger partial charge in [0.1, 0.15) is 11.5 Å². The molecule has 1 aliphatic rings. The summed E-state index contributed by atoms with van der Waals surface area (Å²) in [5, 5.41) is 4.16. The minimum Gasteiger partial charge on any atom is -0.465 e. The molecule has 1 aliphatic heterocycles. The average Bonchev–Trinajstić information content (AvgIpc) is 3.53. The third kappa shape index (κ3) is 5.49. The molecular formula is C35H32N4O3S. The fourth-order valence-electron chi connectivity index (χ4n) is 5.74. The summed E-state index contributed by atoms with van der Waals surface area (Å²) in [6.07, 6.45) is 1.80. The summed E-state index contributed by atoms with van der Waals surface area (Å²) < 4.78 is 13.2. The van der Waals surface area contributed by atoms with E-state index in [4.69, 9.17) is 26.7 Å². The van der Waals surface area contributed by atoms with Gasteiger partial charge in [0.25, 0.3) is 0 Å². The Hall–Kier alpha value is -4.95. The van der Waals surface area contributed by atoms with Crippen LogP contribution in [0, 0.1) is 20.8 Å². The van der Waals surface area contributed by atoms with Crippen molar-refractivity contribution in [1.82, 2.24) is 14.9 Å². The van der Waals surface area contributed by atoms with E-state index in [9.17, 15) is 4.79 Å². The normalized spacial score (nSPS) is 16.2. The fraction of sp³-hybridized carbons (Fsp3) is 0.171. The van der Waals surface area contributed by atoms with Crippen LogP contribution in [0.2, 0.25) is 0 Å². The Bertz CT molecular complexity index is 1780. The molecule has 0 bridgehead atoms. The summed E-state index contributed by atoms with van der Waals surface area (Å²) in [5.74, 6) is 1.16. The molecule has 1 saturated heterocycles. The van der Waals surface area contributed by atoms with Gasteiger partial charge in [-0.05, 0) is 111 Å². The number of rotatable bonds is 7. The van der Waals surface area contributed by atoms with Gasteiger partial charge in [0.15, 0.2) is 5.11 Å². The van der Waals surface area contributed by atoms with Gasteiger partial charge in [-0.2, -0.15) is 0 Å². The van der Waals surface area contributed by atoms with Crippen molar-refractivity contribution in [3.05, 3.63) is 137 Å². The second-order valence-electron chi connectivity index (χ2n) is 10.6. The molecule has 0 aliphatic carbocycles. The summed E-state index contributed by atoms with van der Waals surface area (Å²) in [6, 6.07) is 31.2. The molecule has 0 radical (unpaired) electrons.